The molecule has 1 amide bonds. The minimum absolute atomic E-state index is 0.0674. The van der Waals surface area contributed by atoms with Crippen LogP contribution in [0.15, 0.2) is 18.2 Å². The van der Waals surface area contributed by atoms with Crippen molar-refractivity contribution in [1.29, 1.82) is 0 Å². The van der Waals surface area contributed by atoms with E-state index in [4.69, 9.17) is 4.74 Å². The van der Waals surface area contributed by atoms with Crippen molar-refractivity contribution >= 4 is 28.8 Å². The Labute approximate surface area is 155 Å². The number of rotatable bonds is 6. The van der Waals surface area contributed by atoms with Crippen LogP contribution in [0.25, 0.3) is 11.0 Å². The van der Waals surface area contributed by atoms with E-state index in [9.17, 15) is 24.8 Å². The standard InChI is InChI=1S/C17H22N4O6/c1-17(2,3)27-16(24)19-11(15(22)23)6-8-14-18-12-9-10(21(25)26)5-7-13(12)20(14)4/h5,7,9,11H,6,8H2,1-4H3,(H,19,24)(H,22,23)/t11-/m0/s1. The van der Waals surface area contributed by atoms with Crippen LogP contribution in [0.4, 0.5) is 10.5 Å². The number of aliphatic carboxylic acids is 1. The van der Waals surface area contributed by atoms with Gasteiger partial charge in [-0.1, -0.05) is 0 Å². The molecule has 1 aromatic heterocycles. The summed E-state index contributed by atoms with van der Waals surface area (Å²) in [5.74, 6) is -0.627. The van der Waals surface area contributed by atoms with Gasteiger partial charge in [0, 0.05) is 25.6 Å². The minimum Gasteiger partial charge on any atom is -0.480 e. The topological polar surface area (TPSA) is 137 Å². The molecule has 2 aromatic rings. The summed E-state index contributed by atoms with van der Waals surface area (Å²) < 4.78 is 6.82. The largest absolute Gasteiger partial charge is 0.480 e. The number of aromatic nitrogens is 2. The Bertz CT molecular complexity index is 883. The highest BCUT2D eigenvalue weighted by Gasteiger charge is 2.24. The van der Waals surface area contributed by atoms with E-state index in [1.807, 2.05) is 0 Å². The number of carboxylic acids is 1. The van der Waals surface area contributed by atoms with Crippen molar-refractivity contribution in [3.8, 4) is 0 Å². The summed E-state index contributed by atoms with van der Waals surface area (Å²) in [7, 11) is 1.74. The third-order valence-corrected chi connectivity index (χ3v) is 3.81. The van der Waals surface area contributed by atoms with Gasteiger partial charge >= 0.3 is 12.1 Å². The zero-order valence-corrected chi connectivity index (χ0v) is 15.6. The molecule has 0 aliphatic carbocycles. The number of carbonyl (C=O) groups excluding carboxylic acids is 1. The van der Waals surface area contributed by atoms with Crippen molar-refractivity contribution < 1.29 is 24.4 Å². The van der Waals surface area contributed by atoms with E-state index < -0.39 is 28.6 Å². The van der Waals surface area contributed by atoms with Crippen LogP contribution in [0.3, 0.4) is 0 Å². The predicted molar refractivity (Wildman–Crippen MR) is 96.5 cm³/mol. The molecule has 0 aliphatic heterocycles. The zero-order chi connectivity index (χ0) is 20.4. The molecule has 0 unspecified atom stereocenters. The van der Waals surface area contributed by atoms with Gasteiger partial charge in [0.15, 0.2) is 0 Å². The summed E-state index contributed by atoms with van der Waals surface area (Å²) in [5, 5.41) is 22.5. The second-order valence-electron chi connectivity index (χ2n) is 7.09. The summed E-state index contributed by atoms with van der Waals surface area (Å²) >= 11 is 0. The lowest BCUT2D eigenvalue weighted by Gasteiger charge is -2.22. The molecule has 2 rings (SSSR count). The van der Waals surface area contributed by atoms with E-state index in [0.29, 0.717) is 16.9 Å². The Morgan fingerprint density at radius 2 is 2.07 bits per heavy atom. The van der Waals surface area contributed by atoms with Crippen LogP contribution in [-0.2, 0) is 23.0 Å². The van der Waals surface area contributed by atoms with E-state index in [0.717, 1.165) is 0 Å². The smallest absolute Gasteiger partial charge is 0.408 e. The number of hydrogen-bond acceptors (Lipinski definition) is 6. The van der Waals surface area contributed by atoms with Gasteiger partial charge in [-0.25, -0.2) is 14.6 Å². The zero-order valence-electron chi connectivity index (χ0n) is 15.6. The molecule has 0 aliphatic rings. The van der Waals surface area contributed by atoms with Gasteiger partial charge in [0.1, 0.15) is 17.5 Å². The van der Waals surface area contributed by atoms with Crippen LogP contribution < -0.4 is 5.32 Å². The highest BCUT2D eigenvalue weighted by Crippen LogP contribution is 2.22. The molecule has 1 heterocycles. The Kier molecular flexibility index (Phi) is 5.67. The lowest BCUT2D eigenvalue weighted by molar-refractivity contribution is -0.384. The molecule has 0 saturated heterocycles. The monoisotopic (exact) mass is 378 g/mol. The van der Waals surface area contributed by atoms with Gasteiger partial charge in [-0.3, -0.25) is 10.1 Å². The Hall–Kier alpha value is -3.17. The normalized spacial score (nSPS) is 12.6. The number of amides is 1. The number of aryl methyl sites for hydroxylation is 2. The molecular formula is C17H22N4O6. The molecule has 10 heteroatoms. The maximum atomic E-state index is 11.8. The average molecular weight is 378 g/mol. The number of nitro benzene ring substituents is 1. The fraction of sp³-hybridized carbons (Fsp3) is 0.471. The first-order valence-corrected chi connectivity index (χ1v) is 8.30. The third-order valence-electron chi connectivity index (χ3n) is 3.81. The number of fused-ring (bicyclic) bond motifs is 1. The van der Waals surface area contributed by atoms with Crippen LogP contribution in [0.1, 0.15) is 33.0 Å². The Morgan fingerprint density at radius 1 is 1.41 bits per heavy atom. The van der Waals surface area contributed by atoms with E-state index >= 15 is 0 Å². The SMILES string of the molecule is Cn1c(CC[C@H](NC(=O)OC(C)(C)C)C(=O)O)nc2cc([N+](=O)[O-])ccc21. The van der Waals surface area contributed by atoms with E-state index in [1.165, 1.54) is 12.1 Å². The number of ether oxygens (including phenoxy) is 1. The Morgan fingerprint density at radius 3 is 2.63 bits per heavy atom. The van der Waals surface area contributed by atoms with Gasteiger partial charge in [0.05, 0.1) is 16.0 Å². The summed E-state index contributed by atoms with van der Waals surface area (Å²) in [6.07, 6.45) is -0.463. The molecule has 0 spiro atoms. The number of nitro groups is 1. The van der Waals surface area contributed by atoms with Crippen molar-refractivity contribution in [1.82, 2.24) is 14.9 Å². The first-order chi connectivity index (χ1) is 12.5. The molecule has 1 atom stereocenters. The second-order valence-corrected chi connectivity index (χ2v) is 7.09. The number of non-ortho nitro benzene ring substituents is 1. The molecule has 0 saturated carbocycles. The number of carbonyl (C=O) groups is 2. The summed E-state index contributed by atoms with van der Waals surface area (Å²) in [5.41, 5.74) is 0.345. The number of nitrogens with one attached hydrogen (secondary N) is 1. The highest BCUT2D eigenvalue weighted by molar-refractivity contribution is 5.80. The fourth-order valence-corrected chi connectivity index (χ4v) is 2.56. The van der Waals surface area contributed by atoms with Gasteiger partial charge in [0.2, 0.25) is 0 Å². The first-order valence-electron chi connectivity index (χ1n) is 8.30. The summed E-state index contributed by atoms with van der Waals surface area (Å²) in [6.45, 7) is 5.04. The van der Waals surface area contributed by atoms with Gasteiger partial charge in [-0.15, -0.1) is 0 Å². The summed E-state index contributed by atoms with van der Waals surface area (Å²) in [6, 6.07) is 3.20. The first kappa shape index (κ1) is 20.1. The van der Waals surface area contributed by atoms with Gasteiger partial charge < -0.3 is 19.7 Å². The molecule has 2 N–H and O–H groups in total. The number of imidazole rings is 1. The van der Waals surface area contributed by atoms with Crippen LogP contribution in [0, 0.1) is 10.1 Å². The van der Waals surface area contributed by atoms with Gasteiger partial charge in [-0.2, -0.15) is 0 Å². The van der Waals surface area contributed by atoms with Crippen molar-refractivity contribution in [3.05, 3.63) is 34.1 Å². The van der Waals surface area contributed by atoms with Crippen LogP contribution in [0.5, 0.6) is 0 Å². The van der Waals surface area contributed by atoms with E-state index in [1.54, 1.807) is 38.5 Å². The lowest BCUT2D eigenvalue weighted by Crippen LogP contribution is -2.43. The third kappa shape index (κ3) is 5.16. The molecule has 0 bridgehead atoms. The highest BCUT2D eigenvalue weighted by atomic mass is 16.6. The molecule has 1 aromatic carbocycles. The van der Waals surface area contributed by atoms with Crippen LogP contribution in [0.2, 0.25) is 0 Å². The average Bonchev–Trinajstić information content (AvgIpc) is 2.85. The van der Waals surface area contributed by atoms with Gasteiger partial charge in [-0.05, 0) is 33.3 Å². The second kappa shape index (κ2) is 7.60. The predicted octanol–water partition coefficient (Wildman–Crippen LogP) is 2.39. The van der Waals surface area contributed by atoms with Crippen molar-refractivity contribution in [2.45, 2.75) is 45.3 Å². The van der Waals surface area contributed by atoms with Crippen molar-refractivity contribution in [3.63, 3.8) is 0 Å². The number of carboxylic acid groups (broad SMARTS) is 1. The van der Waals surface area contributed by atoms with Crippen molar-refractivity contribution in [2.24, 2.45) is 7.05 Å². The summed E-state index contributed by atoms with van der Waals surface area (Å²) in [4.78, 5) is 38.0. The number of hydrogen-bond donors (Lipinski definition) is 2. The van der Waals surface area contributed by atoms with E-state index in [2.05, 4.69) is 10.3 Å². The maximum absolute atomic E-state index is 11.8. The van der Waals surface area contributed by atoms with Crippen LogP contribution >= 0.6 is 0 Å². The minimum atomic E-state index is -1.18. The number of benzene rings is 1. The maximum Gasteiger partial charge on any atom is 0.408 e. The van der Waals surface area contributed by atoms with Crippen LogP contribution in [-0.4, -0.2) is 43.3 Å². The Balaban J connectivity index is 2.12. The molecule has 27 heavy (non-hydrogen) atoms. The molecule has 0 fully saturated rings. The fourth-order valence-electron chi connectivity index (χ4n) is 2.56. The number of nitrogens with zero attached hydrogens (tertiary/aromatic N) is 3. The number of alkyl carbamates (subject to hydrolysis) is 1. The quantitative estimate of drug-likeness (QED) is 0.581. The van der Waals surface area contributed by atoms with Gasteiger partial charge in [0.25, 0.3) is 5.69 Å². The molecular weight excluding hydrogens is 356 g/mol. The lowest BCUT2D eigenvalue weighted by atomic mass is 10.1. The molecule has 0 radical (unpaired) electrons. The molecule has 146 valence electrons. The van der Waals surface area contributed by atoms with Crippen molar-refractivity contribution in [2.75, 3.05) is 0 Å². The molecule has 10 nitrogen and oxygen atoms in total. The van der Waals surface area contributed by atoms with E-state index in [-0.39, 0.29) is 18.5 Å².